The SMILES string of the molecule is O=C(CC1CCCC1)N1C[C@@H]2OCCN(C[C@H]3CCCO3)[C@@H]2C1. The molecule has 0 aromatic heterocycles. The third kappa shape index (κ3) is 3.57. The molecule has 1 saturated carbocycles. The van der Waals surface area contributed by atoms with E-state index in [4.69, 9.17) is 9.47 Å². The Kier molecular flexibility index (Phi) is 4.88. The summed E-state index contributed by atoms with van der Waals surface area (Å²) in [6.07, 6.45) is 8.82. The normalized spacial score (nSPS) is 35.8. The number of nitrogens with zero attached hydrogens (tertiary/aromatic N) is 2. The average molecular weight is 322 g/mol. The molecule has 3 saturated heterocycles. The van der Waals surface area contributed by atoms with Crippen molar-refractivity contribution in [3.8, 4) is 0 Å². The largest absolute Gasteiger partial charge is 0.377 e. The molecule has 0 N–H and O–H groups in total. The fraction of sp³-hybridized carbons (Fsp3) is 0.944. The van der Waals surface area contributed by atoms with E-state index >= 15 is 0 Å². The van der Waals surface area contributed by atoms with E-state index < -0.39 is 0 Å². The van der Waals surface area contributed by atoms with Gasteiger partial charge in [-0.3, -0.25) is 9.69 Å². The van der Waals surface area contributed by atoms with Crippen molar-refractivity contribution in [1.29, 1.82) is 0 Å². The Morgan fingerprint density at radius 3 is 2.65 bits per heavy atom. The van der Waals surface area contributed by atoms with Gasteiger partial charge >= 0.3 is 0 Å². The number of hydrogen-bond acceptors (Lipinski definition) is 4. The lowest BCUT2D eigenvalue weighted by atomic mass is 10.0. The maximum absolute atomic E-state index is 12.6. The molecule has 4 fully saturated rings. The Bertz CT molecular complexity index is 418. The Morgan fingerprint density at radius 1 is 1.00 bits per heavy atom. The van der Waals surface area contributed by atoms with Gasteiger partial charge in [0.25, 0.3) is 0 Å². The number of carbonyl (C=O) groups is 1. The first-order valence-electron chi connectivity index (χ1n) is 9.54. The van der Waals surface area contributed by atoms with Gasteiger partial charge in [0.05, 0.1) is 24.9 Å². The molecule has 0 aromatic rings. The van der Waals surface area contributed by atoms with Crippen LogP contribution in [0.2, 0.25) is 0 Å². The predicted octanol–water partition coefficient (Wildman–Crippen LogP) is 1.66. The minimum absolute atomic E-state index is 0.206. The highest BCUT2D eigenvalue weighted by Crippen LogP contribution is 2.30. The van der Waals surface area contributed by atoms with E-state index in [1.165, 1.54) is 38.5 Å². The van der Waals surface area contributed by atoms with Crippen molar-refractivity contribution in [2.75, 3.05) is 39.4 Å². The number of hydrogen-bond donors (Lipinski definition) is 0. The molecule has 130 valence electrons. The number of amides is 1. The lowest BCUT2D eigenvalue weighted by Crippen LogP contribution is -2.52. The second-order valence-corrected chi connectivity index (χ2v) is 7.76. The van der Waals surface area contributed by atoms with E-state index in [-0.39, 0.29) is 6.10 Å². The summed E-state index contributed by atoms with van der Waals surface area (Å²) in [5.74, 6) is 0.987. The molecule has 4 aliphatic rings. The summed E-state index contributed by atoms with van der Waals surface area (Å²) in [6.45, 7) is 5.33. The van der Waals surface area contributed by atoms with Crippen molar-refractivity contribution in [2.24, 2.45) is 5.92 Å². The van der Waals surface area contributed by atoms with E-state index in [9.17, 15) is 4.79 Å². The van der Waals surface area contributed by atoms with Crippen LogP contribution in [0, 0.1) is 5.92 Å². The van der Waals surface area contributed by atoms with E-state index in [2.05, 4.69) is 9.80 Å². The van der Waals surface area contributed by atoms with Crippen molar-refractivity contribution in [2.45, 2.75) is 63.2 Å². The standard InChI is InChI=1S/C18H30N2O3/c21-18(10-14-4-1-2-5-14)20-12-16-17(13-20)23-9-7-19(16)11-15-6-3-8-22-15/h14-17H,1-13H2/t15-,16-,17+/m1/s1. The van der Waals surface area contributed by atoms with Gasteiger partial charge in [0.2, 0.25) is 5.91 Å². The zero-order valence-corrected chi connectivity index (χ0v) is 14.1. The molecule has 0 bridgehead atoms. The lowest BCUT2D eigenvalue weighted by Gasteiger charge is -2.37. The van der Waals surface area contributed by atoms with Gasteiger partial charge in [-0.15, -0.1) is 0 Å². The minimum atomic E-state index is 0.206. The maximum Gasteiger partial charge on any atom is 0.222 e. The molecule has 0 spiro atoms. The van der Waals surface area contributed by atoms with Crippen LogP contribution in [0.5, 0.6) is 0 Å². The number of carbonyl (C=O) groups excluding carboxylic acids is 1. The van der Waals surface area contributed by atoms with E-state index in [0.717, 1.165) is 45.8 Å². The first-order valence-corrected chi connectivity index (χ1v) is 9.54. The summed E-state index contributed by atoms with van der Waals surface area (Å²) in [7, 11) is 0. The van der Waals surface area contributed by atoms with Crippen LogP contribution in [0.3, 0.4) is 0 Å². The zero-order valence-electron chi connectivity index (χ0n) is 14.1. The van der Waals surface area contributed by atoms with Crippen LogP contribution in [-0.4, -0.2) is 73.3 Å². The predicted molar refractivity (Wildman–Crippen MR) is 87.2 cm³/mol. The molecule has 0 unspecified atom stereocenters. The molecule has 3 heterocycles. The van der Waals surface area contributed by atoms with Gasteiger partial charge in [-0.25, -0.2) is 0 Å². The molecule has 1 amide bonds. The fourth-order valence-corrected chi connectivity index (χ4v) is 4.83. The second kappa shape index (κ2) is 7.08. The fourth-order valence-electron chi connectivity index (χ4n) is 4.83. The molecule has 0 aromatic carbocycles. The van der Waals surface area contributed by atoms with E-state index in [1.54, 1.807) is 0 Å². The average Bonchev–Trinajstić information content (AvgIpc) is 3.28. The summed E-state index contributed by atoms with van der Waals surface area (Å²) in [5, 5.41) is 0. The molecule has 5 heteroatoms. The van der Waals surface area contributed by atoms with Gasteiger partial charge in [0.1, 0.15) is 0 Å². The molecule has 23 heavy (non-hydrogen) atoms. The van der Waals surface area contributed by atoms with Crippen molar-refractivity contribution in [3.05, 3.63) is 0 Å². The highest BCUT2D eigenvalue weighted by atomic mass is 16.5. The summed E-state index contributed by atoms with van der Waals surface area (Å²) in [5.41, 5.74) is 0. The summed E-state index contributed by atoms with van der Waals surface area (Å²) >= 11 is 0. The van der Waals surface area contributed by atoms with Gasteiger partial charge < -0.3 is 14.4 Å². The summed E-state index contributed by atoms with van der Waals surface area (Å²) < 4.78 is 11.8. The molecule has 3 aliphatic heterocycles. The van der Waals surface area contributed by atoms with E-state index in [0.29, 0.717) is 24.0 Å². The molecule has 4 rings (SSSR count). The van der Waals surface area contributed by atoms with Gasteiger partial charge in [0.15, 0.2) is 0 Å². The number of ether oxygens (including phenoxy) is 2. The van der Waals surface area contributed by atoms with Crippen LogP contribution < -0.4 is 0 Å². The maximum atomic E-state index is 12.6. The zero-order chi connectivity index (χ0) is 15.6. The lowest BCUT2D eigenvalue weighted by molar-refractivity contribution is -0.131. The Labute approximate surface area is 139 Å². The number of likely N-dealkylation sites (tertiary alicyclic amines) is 1. The molecular weight excluding hydrogens is 292 g/mol. The molecule has 0 radical (unpaired) electrons. The van der Waals surface area contributed by atoms with Crippen molar-refractivity contribution >= 4 is 5.91 Å². The molecule has 5 nitrogen and oxygen atoms in total. The van der Waals surface area contributed by atoms with Crippen LogP contribution in [0.1, 0.15) is 44.9 Å². The first-order chi connectivity index (χ1) is 11.3. The smallest absolute Gasteiger partial charge is 0.222 e. The van der Waals surface area contributed by atoms with Gasteiger partial charge in [-0.2, -0.15) is 0 Å². The van der Waals surface area contributed by atoms with Crippen LogP contribution in [0.15, 0.2) is 0 Å². The summed E-state index contributed by atoms with van der Waals surface area (Å²) in [4.78, 5) is 17.2. The topological polar surface area (TPSA) is 42.0 Å². The number of morpholine rings is 1. The second-order valence-electron chi connectivity index (χ2n) is 7.76. The van der Waals surface area contributed by atoms with E-state index in [1.807, 2.05) is 0 Å². The highest BCUT2D eigenvalue weighted by molar-refractivity contribution is 5.77. The molecule has 1 aliphatic carbocycles. The monoisotopic (exact) mass is 322 g/mol. The minimum Gasteiger partial charge on any atom is -0.377 e. The van der Waals surface area contributed by atoms with Gasteiger partial charge in [-0.1, -0.05) is 12.8 Å². The van der Waals surface area contributed by atoms with Gasteiger partial charge in [-0.05, 0) is 31.6 Å². The van der Waals surface area contributed by atoms with Gasteiger partial charge in [0, 0.05) is 39.2 Å². The van der Waals surface area contributed by atoms with Crippen molar-refractivity contribution in [3.63, 3.8) is 0 Å². The summed E-state index contributed by atoms with van der Waals surface area (Å²) in [6, 6.07) is 0.375. The number of rotatable bonds is 4. The third-order valence-corrected chi connectivity index (χ3v) is 6.17. The number of fused-ring (bicyclic) bond motifs is 1. The Balaban J connectivity index is 1.33. The van der Waals surface area contributed by atoms with Crippen molar-refractivity contribution < 1.29 is 14.3 Å². The van der Waals surface area contributed by atoms with Crippen LogP contribution in [0.4, 0.5) is 0 Å². The van der Waals surface area contributed by atoms with Crippen LogP contribution in [-0.2, 0) is 14.3 Å². The molecular formula is C18H30N2O3. The Hall–Kier alpha value is -0.650. The highest BCUT2D eigenvalue weighted by Gasteiger charge is 2.42. The third-order valence-electron chi connectivity index (χ3n) is 6.17. The van der Waals surface area contributed by atoms with Crippen LogP contribution in [0.25, 0.3) is 0 Å². The van der Waals surface area contributed by atoms with Crippen molar-refractivity contribution in [1.82, 2.24) is 9.80 Å². The van der Waals surface area contributed by atoms with Crippen LogP contribution >= 0.6 is 0 Å². The molecule has 3 atom stereocenters. The quantitative estimate of drug-likeness (QED) is 0.789. The first kappa shape index (κ1) is 15.9. The Morgan fingerprint density at radius 2 is 1.87 bits per heavy atom.